The van der Waals surface area contributed by atoms with Crippen LogP contribution in [0.2, 0.25) is 0 Å². The van der Waals surface area contributed by atoms with Crippen LogP contribution in [0, 0.1) is 6.92 Å². The van der Waals surface area contributed by atoms with Crippen LogP contribution in [0.5, 0.6) is 0 Å². The van der Waals surface area contributed by atoms with E-state index in [-0.39, 0.29) is 5.91 Å². The van der Waals surface area contributed by atoms with Gasteiger partial charge in [0.25, 0.3) is 0 Å². The van der Waals surface area contributed by atoms with Crippen LogP contribution in [0.3, 0.4) is 0 Å². The number of fused-ring (bicyclic) bond motifs is 1. The molecule has 1 N–H and O–H groups in total. The molecule has 5 heteroatoms. The van der Waals surface area contributed by atoms with Crippen LogP contribution in [-0.4, -0.2) is 16.6 Å². The van der Waals surface area contributed by atoms with Crippen LogP contribution < -0.4 is 5.32 Å². The van der Waals surface area contributed by atoms with E-state index in [0.29, 0.717) is 5.75 Å². The van der Waals surface area contributed by atoms with Crippen LogP contribution in [0.25, 0.3) is 10.9 Å². The highest BCUT2D eigenvalue weighted by atomic mass is 32.2. The van der Waals surface area contributed by atoms with E-state index in [2.05, 4.69) is 35.4 Å². The number of nitrogens with zero attached hydrogens (tertiary/aromatic N) is 1. The molecule has 1 amide bonds. The molecule has 4 aromatic rings. The largest absolute Gasteiger partial charge is 0.324 e. The molecule has 0 aliphatic heterocycles. The predicted octanol–water partition coefficient (Wildman–Crippen LogP) is 6.43. The standard InChI is InChI=1S/C24H20N2OS2/c1-17-15-24(26-20-12-6-5-11-19(17)20)28-16-23(27)25-21-13-7-8-14-22(21)29-18-9-3-2-4-10-18/h2-15H,16H2,1H3,(H,25,27). The molecule has 0 spiro atoms. The topological polar surface area (TPSA) is 42.0 Å². The predicted molar refractivity (Wildman–Crippen MR) is 123 cm³/mol. The number of para-hydroxylation sites is 2. The SMILES string of the molecule is Cc1cc(SCC(=O)Nc2ccccc2Sc2ccccc2)nc2ccccc12. The summed E-state index contributed by atoms with van der Waals surface area (Å²) in [5.41, 5.74) is 2.96. The van der Waals surface area contributed by atoms with Crippen molar-refractivity contribution < 1.29 is 4.79 Å². The molecule has 4 rings (SSSR count). The minimum absolute atomic E-state index is 0.0382. The van der Waals surface area contributed by atoms with Crippen molar-refractivity contribution in [2.75, 3.05) is 11.1 Å². The summed E-state index contributed by atoms with van der Waals surface area (Å²) < 4.78 is 0. The maximum atomic E-state index is 12.6. The van der Waals surface area contributed by atoms with E-state index in [0.717, 1.165) is 31.4 Å². The lowest BCUT2D eigenvalue weighted by atomic mass is 10.1. The Bertz CT molecular complexity index is 1150. The van der Waals surface area contributed by atoms with Gasteiger partial charge in [-0.25, -0.2) is 4.98 Å². The van der Waals surface area contributed by atoms with E-state index >= 15 is 0 Å². The maximum absolute atomic E-state index is 12.6. The Balaban J connectivity index is 1.43. The van der Waals surface area contributed by atoms with Crippen molar-refractivity contribution in [1.82, 2.24) is 4.98 Å². The molecular weight excluding hydrogens is 396 g/mol. The summed E-state index contributed by atoms with van der Waals surface area (Å²) in [6.45, 7) is 2.07. The van der Waals surface area contributed by atoms with Crippen LogP contribution in [-0.2, 0) is 4.79 Å². The molecule has 0 unspecified atom stereocenters. The minimum atomic E-state index is -0.0382. The Morgan fingerprint density at radius 1 is 0.931 bits per heavy atom. The average molecular weight is 417 g/mol. The van der Waals surface area contributed by atoms with E-state index in [1.165, 1.54) is 17.3 Å². The van der Waals surface area contributed by atoms with Crippen LogP contribution in [0.1, 0.15) is 5.56 Å². The van der Waals surface area contributed by atoms with Crippen molar-refractivity contribution in [1.29, 1.82) is 0 Å². The molecule has 0 saturated heterocycles. The second kappa shape index (κ2) is 9.16. The highest BCUT2D eigenvalue weighted by Gasteiger charge is 2.10. The van der Waals surface area contributed by atoms with Crippen molar-refractivity contribution in [2.24, 2.45) is 0 Å². The lowest BCUT2D eigenvalue weighted by Gasteiger charge is -2.11. The highest BCUT2D eigenvalue weighted by Crippen LogP contribution is 2.33. The normalized spacial score (nSPS) is 10.8. The summed E-state index contributed by atoms with van der Waals surface area (Å²) in [6, 6.07) is 28.1. The second-order valence-corrected chi connectivity index (χ2v) is 8.65. The summed E-state index contributed by atoms with van der Waals surface area (Å²) in [6.07, 6.45) is 0. The smallest absolute Gasteiger partial charge is 0.234 e. The summed E-state index contributed by atoms with van der Waals surface area (Å²) in [7, 11) is 0. The molecule has 0 fully saturated rings. The third kappa shape index (κ3) is 5.00. The zero-order valence-electron chi connectivity index (χ0n) is 16.0. The van der Waals surface area contributed by atoms with Crippen molar-refractivity contribution in [2.45, 2.75) is 21.7 Å². The number of aromatic nitrogens is 1. The molecule has 0 radical (unpaired) electrons. The zero-order valence-corrected chi connectivity index (χ0v) is 17.6. The molecule has 0 aliphatic carbocycles. The number of aryl methyl sites for hydroxylation is 1. The first kappa shape index (κ1) is 19.6. The molecule has 144 valence electrons. The van der Waals surface area contributed by atoms with Gasteiger partial charge in [-0.3, -0.25) is 4.79 Å². The number of hydrogen-bond donors (Lipinski definition) is 1. The number of carbonyl (C=O) groups is 1. The molecule has 0 saturated carbocycles. The molecule has 1 aromatic heterocycles. The number of amides is 1. The van der Waals surface area contributed by atoms with E-state index in [9.17, 15) is 4.79 Å². The lowest BCUT2D eigenvalue weighted by molar-refractivity contribution is -0.113. The van der Waals surface area contributed by atoms with Gasteiger partial charge in [0.05, 0.1) is 22.0 Å². The Morgan fingerprint density at radius 2 is 1.66 bits per heavy atom. The monoisotopic (exact) mass is 416 g/mol. The van der Waals surface area contributed by atoms with Gasteiger partial charge in [-0.05, 0) is 48.9 Å². The van der Waals surface area contributed by atoms with Crippen LogP contribution >= 0.6 is 23.5 Å². The lowest BCUT2D eigenvalue weighted by Crippen LogP contribution is -2.14. The van der Waals surface area contributed by atoms with Crippen molar-refractivity contribution in [3.8, 4) is 0 Å². The molecular formula is C24H20N2OS2. The fourth-order valence-corrected chi connectivity index (χ4v) is 4.69. The van der Waals surface area contributed by atoms with Crippen molar-refractivity contribution in [3.05, 3.63) is 90.5 Å². The van der Waals surface area contributed by atoms with Crippen LogP contribution in [0.15, 0.2) is 99.7 Å². The third-order valence-electron chi connectivity index (χ3n) is 4.38. The fraction of sp³-hybridized carbons (Fsp3) is 0.0833. The molecule has 3 aromatic carbocycles. The zero-order chi connectivity index (χ0) is 20.1. The fourth-order valence-electron chi connectivity index (χ4n) is 2.99. The molecule has 29 heavy (non-hydrogen) atoms. The van der Waals surface area contributed by atoms with E-state index in [4.69, 9.17) is 0 Å². The Labute approximate surface area is 178 Å². The van der Waals surface area contributed by atoms with Crippen molar-refractivity contribution in [3.63, 3.8) is 0 Å². The number of carbonyl (C=O) groups excluding carboxylic acids is 1. The van der Waals surface area contributed by atoms with Gasteiger partial charge in [-0.1, -0.05) is 72.1 Å². The summed E-state index contributed by atoms with van der Waals surface area (Å²) in [5.74, 6) is 0.276. The Kier molecular flexibility index (Phi) is 6.17. The first-order valence-corrected chi connectivity index (χ1v) is 11.1. The molecule has 0 aliphatic rings. The van der Waals surface area contributed by atoms with E-state index in [1.54, 1.807) is 11.8 Å². The molecule has 3 nitrogen and oxygen atoms in total. The number of pyridine rings is 1. The number of rotatable bonds is 6. The van der Waals surface area contributed by atoms with Gasteiger partial charge in [0.2, 0.25) is 5.91 Å². The van der Waals surface area contributed by atoms with Crippen LogP contribution in [0.4, 0.5) is 5.69 Å². The van der Waals surface area contributed by atoms with Gasteiger partial charge in [0.1, 0.15) is 0 Å². The molecule has 1 heterocycles. The number of nitrogens with one attached hydrogen (secondary N) is 1. The number of hydrogen-bond acceptors (Lipinski definition) is 4. The number of benzene rings is 3. The average Bonchev–Trinajstić information content (AvgIpc) is 2.74. The quantitative estimate of drug-likeness (QED) is 0.368. The Hall–Kier alpha value is -2.76. The van der Waals surface area contributed by atoms with E-state index < -0.39 is 0 Å². The van der Waals surface area contributed by atoms with Gasteiger partial charge in [-0.15, -0.1) is 0 Å². The van der Waals surface area contributed by atoms with Gasteiger partial charge in [0, 0.05) is 15.2 Å². The summed E-state index contributed by atoms with van der Waals surface area (Å²) in [4.78, 5) is 19.4. The first-order valence-electron chi connectivity index (χ1n) is 9.30. The summed E-state index contributed by atoms with van der Waals surface area (Å²) in [5, 5.41) is 5.06. The number of anilines is 1. The number of thioether (sulfide) groups is 1. The summed E-state index contributed by atoms with van der Waals surface area (Å²) >= 11 is 3.10. The molecule has 0 atom stereocenters. The Morgan fingerprint density at radius 3 is 2.52 bits per heavy atom. The van der Waals surface area contributed by atoms with E-state index in [1.807, 2.05) is 66.7 Å². The molecule has 0 bridgehead atoms. The highest BCUT2D eigenvalue weighted by molar-refractivity contribution is 8.00. The first-order chi connectivity index (χ1) is 14.2. The van der Waals surface area contributed by atoms with Gasteiger partial charge >= 0.3 is 0 Å². The second-order valence-electron chi connectivity index (χ2n) is 6.54. The van der Waals surface area contributed by atoms with Gasteiger partial charge in [0.15, 0.2) is 0 Å². The van der Waals surface area contributed by atoms with Gasteiger partial charge < -0.3 is 5.32 Å². The minimum Gasteiger partial charge on any atom is -0.324 e. The third-order valence-corrected chi connectivity index (χ3v) is 6.38. The van der Waals surface area contributed by atoms with Crippen molar-refractivity contribution >= 4 is 46.0 Å². The maximum Gasteiger partial charge on any atom is 0.234 e. The van der Waals surface area contributed by atoms with Gasteiger partial charge in [-0.2, -0.15) is 0 Å².